The van der Waals surface area contributed by atoms with Crippen LogP contribution in [0.1, 0.15) is 5.56 Å². The highest BCUT2D eigenvalue weighted by molar-refractivity contribution is 6.42. The van der Waals surface area contributed by atoms with E-state index < -0.39 is 11.8 Å². The zero-order chi connectivity index (χ0) is 24.5. The van der Waals surface area contributed by atoms with Gasteiger partial charge in [0.1, 0.15) is 23.1 Å². The fourth-order valence-corrected chi connectivity index (χ4v) is 3.10. The molecule has 0 atom stereocenters. The first-order valence-corrected chi connectivity index (χ1v) is 10.7. The fourth-order valence-electron chi connectivity index (χ4n) is 2.80. The molecule has 0 aromatic heterocycles. The number of ether oxygens (including phenoxy) is 2. The lowest BCUT2D eigenvalue weighted by Crippen LogP contribution is -2.20. The highest BCUT2D eigenvalue weighted by atomic mass is 35.5. The summed E-state index contributed by atoms with van der Waals surface area (Å²) in [6, 6.07) is 20.0. The number of amides is 2. The molecule has 0 aliphatic rings. The molecule has 172 valence electrons. The summed E-state index contributed by atoms with van der Waals surface area (Å²) in [6.07, 6.45) is 1.43. The van der Waals surface area contributed by atoms with Gasteiger partial charge >= 0.3 is 0 Å². The van der Waals surface area contributed by atoms with Crippen molar-refractivity contribution in [3.8, 4) is 17.6 Å². The van der Waals surface area contributed by atoms with E-state index >= 15 is 0 Å². The number of nitrogens with zero attached hydrogens (tertiary/aromatic N) is 1. The summed E-state index contributed by atoms with van der Waals surface area (Å²) in [5, 5.41) is 15.5. The smallest absolute Gasteiger partial charge is 0.266 e. The molecule has 0 bridgehead atoms. The maximum absolute atomic E-state index is 12.5. The molecule has 0 spiro atoms. The van der Waals surface area contributed by atoms with Crippen molar-refractivity contribution in [2.45, 2.75) is 0 Å². The molecule has 0 unspecified atom stereocenters. The Bertz CT molecular complexity index is 1270. The van der Waals surface area contributed by atoms with E-state index in [0.717, 1.165) is 0 Å². The summed E-state index contributed by atoms with van der Waals surface area (Å²) in [4.78, 5) is 24.7. The molecule has 2 N–H and O–H groups in total. The van der Waals surface area contributed by atoms with Gasteiger partial charge in [0.15, 0.2) is 6.61 Å². The van der Waals surface area contributed by atoms with Crippen LogP contribution in [-0.2, 0) is 9.59 Å². The Morgan fingerprint density at radius 1 is 0.941 bits per heavy atom. The van der Waals surface area contributed by atoms with Crippen LogP contribution in [0.2, 0.25) is 10.0 Å². The van der Waals surface area contributed by atoms with Crippen molar-refractivity contribution in [1.29, 1.82) is 5.26 Å². The van der Waals surface area contributed by atoms with E-state index in [1.54, 1.807) is 67.8 Å². The first kappa shape index (κ1) is 24.6. The molecule has 3 aromatic rings. The number of hydrogen-bond acceptors (Lipinski definition) is 5. The maximum Gasteiger partial charge on any atom is 0.266 e. The third kappa shape index (κ3) is 7.01. The van der Waals surface area contributed by atoms with Crippen LogP contribution in [-0.4, -0.2) is 25.5 Å². The van der Waals surface area contributed by atoms with Gasteiger partial charge in [0, 0.05) is 11.4 Å². The molecule has 2 amide bonds. The van der Waals surface area contributed by atoms with Crippen molar-refractivity contribution in [3.63, 3.8) is 0 Å². The van der Waals surface area contributed by atoms with Crippen molar-refractivity contribution in [2.24, 2.45) is 0 Å². The molecule has 0 aliphatic heterocycles. The largest absolute Gasteiger partial charge is 0.497 e. The van der Waals surface area contributed by atoms with E-state index in [2.05, 4.69) is 10.6 Å². The Labute approximate surface area is 206 Å². The van der Waals surface area contributed by atoms with Crippen molar-refractivity contribution in [3.05, 3.63) is 87.9 Å². The van der Waals surface area contributed by atoms with E-state index in [1.165, 1.54) is 12.1 Å². The monoisotopic (exact) mass is 495 g/mol. The predicted octanol–water partition coefficient (Wildman–Crippen LogP) is 5.57. The van der Waals surface area contributed by atoms with E-state index in [4.69, 9.17) is 32.7 Å². The first-order valence-electron chi connectivity index (χ1n) is 9.93. The van der Waals surface area contributed by atoms with Gasteiger partial charge in [-0.2, -0.15) is 5.26 Å². The minimum Gasteiger partial charge on any atom is -0.497 e. The third-order valence-electron chi connectivity index (χ3n) is 4.46. The van der Waals surface area contributed by atoms with Crippen molar-refractivity contribution in [2.75, 3.05) is 24.4 Å². The second kappa shape index (κ2) is 11.8. The van der Waals surface area contributed by atoms with Crippen LogP contribution in [0.5, 0.6) is 11.5 Å². The van der Waals surface area contributed by atoms with E-state index in [1.807, 2.05) is 6.07 Å². The Morgan fingerprint density at radius 2 is 1.68 bits per heavy atom. The number of hydrogen-bond donors (Lipinski definition) is 2. The van der Waals surface area contributed by atoms with Gasteiger partial charge in [-0.25, -0.2) is 0 Å². The third-order valence-corrected chi connectivity index (χ3v) is 5.19. The number of carbonyl (C=O) groups excluding carboxylic acids is 2. The zero-order valence-corrected chi connectivity index (χ0v) is 19.5. The molecule has 3 aromatic carbocycles. The summed E-state index contributed by atoms with van der Waals surface area (Å²) >= 11 is 11.8. The molecule has 7 nitrogen and oxygen atoms in total. The number of nitrogens with one attached hydrogen (secondary N) is 2. The number of halogens is 2. The van der Waals surface area contributed by atoms with Gasteiger partial charge in [-0.05, 0) is 66.2 Å². The summed E-state index contributed by atoms with van der Waals surface area (Å²) in [7, 11) is 1.55. The number of rotatable bonds is 8. The molecule has 0 fully saturated rings. The second-order valence-electron chi connectivity index (χ2n) is 6.89. The standard InChI is InChI=1S/C25H19Cl2N3O4/c1-33-20-8-5-18(6-9-20)30-25(32)17(14-28)11-16-3-2-4-21(12-16)34-15-24(31)29-19-7-10-22(26)23(27)13-19/h2-13H,15H2,1H3,(H,29,31)(H,30,32)/b17-11-. The molecule has 0 aliphatic carbocycles. The lowest BCUT2D eigenvalue weighted by molar-refractivity contribution is -0.118. The van der Waals surface area contributed by atoms with Crippen LogP contribution in [0.25, 0.3) is 6.08 Å². The van der Waals surface area contributed by atoms with Gasteiger partial charge in [0.05, 0.1) is 17.2 Å². The minimum absolute atomic E-state index is 0.0923. The second-order valence-corrected chi connectivity index (χ2v) is 7.71. The average molecular weight is 496 g/mol. The summed E-state index contributed by atoms with van der Waals surface area (Å²) in [5.74, 6) is 0.0957. The van der Waals surface area contributed by atoms with Crippen LogP contribution in [0, 0.1) is 11.3 Å². The number of carbonyl (C=O) groups is 2. The van der Waals surface area contributed by atoms with Gasteiger partial charge in [-0.15, -0.1) is 0 Å². The maximum atomic E-state index is 12.5. The van der Waals surface area contributed by atoms with E-state index in [-0.39, 0.29) is 12.2 Å². The van der Waals surface area contributed by atoms with Gasteiger partial charge in [-0.3, -0.25) is 9.59 Å². The lowest BCUT2D eigenvalue weighted by atomic mass is 10.1. The SMILES string of the molecule is COc1ccc(NC(=O)/C(C#N)=C\c2cccc(OCC(=O)Nc3ccc(Cl)c(Cl)c3)c2)cc1. The van der Waals surface area contributed by atoms with Crippen molar-refractivity contribution < 1.29 is 19.1 Å². The highest BCUT2D eigenvalue weighted by Crippen LogP contribution is 2.25. The lowest BCUT2D eigenvalue weighted by Gasteiger charge is -2.09. The molecule has 0 saturated carbocycles. The average Bonchev–Trinajstić information content (AvgIpc) is 2.84. The quantitative estimate of drug-likeness (QED) is 0.314. The van der Waals surface area contributed by atoms with Crippen molar-refractivity contribution >= 4 is 52.5 Å². The van der Waals surface area contributed by atoms with Crippen LogP contribution >= 0.6 is 23.2 Å². The summed E-state index contributed by atoms with van der Waals surface area (Å²) < 4.78 is 10.6. The zero-order valence-electron chi connectivity index (χ0n) is 18.0. The molecular weight excluding hydrogens is 477 g/mol. The van der Waals surface area contributed by atoms with Gasteiger partial charge < -0.3 is 20.1 Å². The number of methoxy groups -OCH3 is 1. The number of nitriles is 1. The Morgan fingerprint density at radius 3 is 2.35 bits per heavy atom. The number of benzene rings is 3. The first-order chi connectivity index (χ1) is 16.4. The van der Waals surface area contributed by atoms with Gasteiger partial charge in [0.25, 0.3) is 11.8 Å². The fraction of sp³-hybridized carbons (Fsp3) is 0.0800. The van der Waals surface area contributed by atoms with Crippen molar-refractivity contribution in [1.82, 2.24) is 0 Å². The normalized spacial score (nSPS) is 10.7. The van der Waals surface area contributed by atoms with E-state index in [9.17, 15) is 14.9 Å². The summed E-state index contributed by atoms with van der Waals surface area (Å²) in [5.41, 5.74) is 1.48. The van der Waals surface area contributed by atoms with Crippen LogP contribution in [0.3, 0.4) is 0 Å². The molecule has 0 saturated heterocycles. The van der Waals surface area contributed by atoms with Crippen LogP contribution < -0.4 is 20.1 Å². The molecule has 3 rings (SSSR count). The Balaban J connectivity index is 1.62. The molecule has 34 heavy (non-hydrogen) atoms. The minimum atomic E-state index is -0.556. The van der Waals surface area contributed by atoms with Crippen LogP contribution in [0.4, 0.5) is 11.4 Å². The topological polar surface area (TPSA) is 100 Å². The van der Waals surface area contributed by atoms with E-state index in [0.29, 0.717) is 38.5 Å². The number of anilines is 2. The predicted molar refractivity (Wildman–Crippen MR) is 132 cm³/mol. The molecule has 9 heteroatoms. The van der Waals surface area contributed by atoms with Crippen LogP contribution in [0.15, 0.2) is 72.3 Å². The Kier molecular flexibility index (Phi) is 8.52. The molecule has 0 heterocycles. The van der Waals surface area contributed by atoms with Gasteiger partial charge in [0.2, 0.25) is 0 Å². The molecular formula is C25H19Cl2N3O4. The Hall–Kier alpha value is -3.99. The highest BCUT2D eigenvalue weighted by Gasteiger charge is 2.11. The molecule has 0 radical (unpaired) electrons. The summed E-state index contributed by atoms with van der Waals surface area (Å²) in [6.45, 7) is -0.253. The van der Waals surface area contributed by atoms with Gasteiger partial charge in [-0.1, -0.05) is 35.3 Å².